The molecule has 1 fully saturated rings. The number of benzene rings is 2. The lowest BCUT2D eigenvalue weighted by Gasteiger charge is -2.18. The molecule has 2 aromatic carbocycles. The fourth-order valence-corrected chi connectivity index (χ4v) is 3.84. The van der Waals surface area contributed by atoms with Gasteiger partial charge in [-0.25, -0.2) is 0 Å². The Balaban J connectivity index is 0.00000256. The molecule has 0 unspecified atom stereocenters. The van der Waals surface area contributed by atoms with Crippen molar-refractivity contribution in [3.8, 4) is 5.75 Å². The summed E-state index contributed by atoms with van der Waals surface area (Å²) in [5.41, 5.74) is 4.18. The van der Waals surface area contributed by atoms with Gasteiger partial charge in [0.1, 0.15) is 5.75 Å². The van der Waals surface area contributed by atoms with Gasteiger partial charge in [0.25, 0.3) is 0 Å². The molecular weight excluding hydrogens is 364 g/mol. The number of nitrogens with one attached hydrogen (secondary N) is 2. The van der Waals surface area contributed by atoms with Crippen LogP contribution < -0.4 is 10.1 Å². The number of hydrogen-bond donors (Lipinski definition) is 3. The topological polar surface area (TPSA) is 74.3 Å². The van der Waals surface area contributed by atoms with Crippen LogP contribution in [0.1, 0.15) is 51.9 Å². The third-order valence-electron chi connectivity index (χ3n) is 5.87. The number of anilines is 1. The van der Waals surface area contributed by atoms with E-state index < -0.39 is 5.41 Å². The molecule has 154 valence electrons. The van der Waals surface area contributed by atoms with Crippen molar-refractivity contribution in [1.29, 1.82) is 0 Å². The molecule has 1 saturated carbocycles. The number of aromatic nitrogens is 1. The molecule has 1 aliphatic rings. The number of rotatable bonds is 5. The molecule has 1 heterocycles. The number of ether oxygens (including phenoxy) is 1. The van der Waals surface area contributed by atoms with Crippen molar-refractivity contribution in [2.75, 3.05) is 12.4 Å². The van der Waals surface area contributed by atoms with E-state index in [-0.39, 0.29) is 19.4 Å². The van der Waals surface area contributed by atoms with Gasteiger partial charge in [-0.1, -0.05) is 26.8 Å². The second-order valence-electron chi connectivity index (χ2n) is 8.96. The predicted octanol–water partition coefficient (Wildman–Crippen LogP) is 4.88. The number of carbonyl (C=O) groups excluding carboxylic acids is 1. The zero-order chi connectivity index (χ0) is 20.8. The Morgan fingerprint density at radius 2 is 1.97 bits per heavy atom. The third-order valence-corrected chi connectivity index (χ3v) is 5.87. The maximum absolute atomic E-state index is 13.1. The van der Waals surface area contributed by atoms with E-state index in [2.05, 4.69) is 37.1 Å². The van der Waals surface area contributed by atoms with Crippen LogP contribution in [0.3, 0.4) is 0 Å². The average Bonchev–Trinajstić information content (AvgIpc) is 3.39. The van der Waals surface area contributed by atoms with E-state index in [1.807, 2.05) is 36.4 Å². The van der Waals surface area contributed by atoms with E-state index in [0.717, 1.165) is 35.0 Å². The lowest BCUT2D eigenvalue weighted by molar-refractivity contribution is -0.118. The lowest BCUT2D eigenvalue weighted by Crippen LogP contribution is -2.28. The van der Waals surface area contributed by atoms with Crippen molar-refractivity contribution in [1.82, 2.24) is 4.98 Å². The highest BCUT2D eigenvalue weighted by molar-refractivity contribution is 6.02. The molecule has 1 aliphatic carbocycles. The van der Waals surface area contributed by atoms with Gasteiger partial charge in [-0.15, -0.1) is 0 Å². The second-order valence-corrected chi connectivity index (χ2v) is 8.96. The number of aliphatic hydroxyl groups excluding tert-OH is 1. The number of hydrogen-bond acceptors (Lipinski definition) is 3. The van der Waals surface area contributed by atoms with Gasteiger partial charge in [0.2, 0.25) is 5.91 Å². The number of fused-ring (bicyclic) bond motifs is 1. The first-order chi connectivity index (χ1) is 13.8. The predicted molar refractivity (Wildman–Crippen MR) is 118 cm³/mol. The summed E-state index contributed by atoms with van der Waals surface area (Å²) >= 11 is 0. The molecule has 4 rings (SSSR count). The fourth-order valence-electron chi connectivity index (χ4n) is 3.84. The Morgan fingerprint density at radius 1 is 1.21 bits per heavy atom. The van der Waals surface area contributed by atoms with Crippen molar-refractivity contribution in [2.45, 2.75) is 51.0 Å². The summed E-state index contributed by atoms with van der Waals surface area (Å²) in [6.07, 6.45) is 1.60. The highest BCUT2D eigenvalue weighted by Gasteiger charge is 2.51. The van der Waals surface area contributed by atoms with Crippen LogP contribution in [-0.2, 0) is 22.2 Å². The Labute approximate surface area is 172 Å². The molecule has 3 aromatic rings. The van der Waals surface area contributed by atoms with Gasteiger partial charge in [0.05, 0.1) is 19.1 Å². The molecule has 5 heteroatoms. The summed E-state index contributed by atoms with van der Waals surface area (Å²) in [4.78, 5) is 16.6. The molecule has 0 aliphatic heterocycles. The monoisotopic (exact) mass is 394 g/mol. The zero-order valence-electron chi connectivity index (χ0n) is 17.4. The van der Waals surface area contributed by atoms with Crippen molar-refractivity contribution < 1.29 is 16.1 Å². The summed E-state index contributed by atoms with van der Waals surface area (Å²) in [5, 5.41) is 13.8. The Kier molecular flexibility index (Phi) is 4.66. The minimum atomic E-state index is -0.528. The van der Waals surface area contributed by atoms with Crippen LogP contribution in [-0.4, -0.2) is 23.1 Å². The normalized spacial score (nSPS) is 15.3. The van der Waals surface area contributed by atoms with Crippen molar-refractivity contribution in [3.05, 3.63) is 59.3 Å². The highest BCUT2D eigenvalue weighted by Crippen LogP contribution is 2.49. The molecule has 0 spiro atoms. The van der Waals surface area contributed by atoms with E-state index in [1.165, 1.54) is 5.69 Å². The number of carbonyl (C=O) groups is 1. The summed E-state index contributed by atoms with van der Waals surface area (Å²) in [5.74, 6) is 0.637. The summed E-state index contributed by atoms with van der Waals surface area (Å²) in [7, 11) is 1.58. The van der Waals surface area contributed by atoms with Crippen molar-refractivity contribution >= 4 is 22.5 Å². The van der Waals surface area contributed by atoms with E-state index in [9.17, 15) is 9.90 Å². The molecule has 0 radical (unpaired) electrons. The van der Waals surface area contributed by atoms with Crippen LogP contribution in [0.15, 0.2) is 42.5 Å². The van der Waals surface area contributed by atoms with Crippen LogP contribution in [0.4, 0.5) is 5.69 Å². The molecule has 29 heavy (non-hydrogen) atoms. The largest absolute Gasteiger partial charge is 0.496 e. The molecule has 5 nitrogen and oxygen atoms in total. The molecular formula is C24H30N2O3. The van der Waals surface area contributed by atoms with Crippen LogP contribution >= 0.6 is 0 Å². The molecule has 1 amide bonds. The minimum Gasteiger partial charge on any atom is -0.496 e. The van der Waals surface area contributed by atoms with Gasteiger partial charge >= 0.3 is 0 Å². The Bertz CT molecular complexity index is 1080. The van der Waals surface area contributed by atoms with E-state index in [1.54, 1.807) is 7.11 Å². The molecule has 0 atom stereocenters. The summed E-state index contributed by atoms with van der Waals surface area (Å²) in [6, 6.07) is 13.8. The molecule has 0 saturated heterocycles. The van der Waals surface area contributed by atoms with Gasteiger partial charge in [-0.05, 0) is 54.8 Å². The average molecular weight is 395 g/mol. The first-order valence-corrected chi connectivity index (χ1v) is 10.00. The van der Waals surface area contributed by atoms with Crippen molar-refractivity contribution in [3.63, 3.8) is 0 Å². The van der Waals surface area contributed by atoms with Gasteiger partial charge in [-0.2, -0.15) is 0 Å². The number of aliphatic hydroxyl groups is 1. The molecule has 0 bridgehead atoms. The highest BCUT2D eigenvalue weighted by atomic mass is 16.5. The second kappa shape index (κ2) is 6.92. The van der Waals surface area contributed by atoms with E-state index in [0.29, 0.717) is 11.3 Å². The Hall–Kier alpha value is -2.79. The SMILES string of the molecule is COc1ccc(C2(C(=O)Nc3ccc4[nH]c(C(C)(C)C)cc4c3)CC2)cc1CO.[HH]. The molecule has 1 aromatic heterocycles. The number of methoxy groups -OCH3 is 1. The smallest absolute Gasteiger partial charge is 0.235 e. The zero-order valence-corrected chi connectivity index (χ0v) is 17.4. The number of H-pyrrole nitrogens is 1. The van der Waals surface area contributed by atoms with Gasteiger partial charge < -0.3 is 20.1 Å². The van der Waals surface area contributed by atoms with Crippen LogP contribution in [0.25, 0.3) is 10.9 Å². The maximum Gasteiger partial charge on any atom is 0.235 e. The van der Waals surface area contributed by atoms with Crippen LogP contribution in [0.5, 0.6) is 5.75 Å². The maximum atomic E-state index is 13.1. The van der Waals surface area contributed by atoms with Gasteiger partial charge in [-0.3, -0.25) is 4.79 Å². The first kappa shape index (κ1) is 19.5. The fraction of sp³-hybridized carbons (Fsp3) is 0.375. The van der Waals surface area contributed by atoms with Crippen LogP contribution in [0, 0.1) is 0 Å². The van der Waals surface area contributed by atoms with Crippen LogP contribution in [0.2, 0.25) is 0 Å². The van der Waals surface area contributed by atoms with Gasteiger partial charge in [0.15, 0.2) is 0 Å². The first-order valence-electron chi connectivity index (χ1n) is 10.00. The quantitative estimate of drug-likeness (QED) is 0.577. The number of amides is 1. The van der Waals surface area contributed by atoms with Crippen molar-refractivity contribution in [2.24, 2.45) is 0 Å². The van der Waals surface area contributed by atoms with E-state index in [4.69, 9.17) is 4.74 Å². The number of aromatic amines is 1. The summed E-state index contributed by atoms with van der Waals surface area (Å²) < 4.78 is 5.28. The lowest BCUT2D eigenvalue weighted by atomic mass is 9.92. The standard InChI is InChI=1S/C24H28N2O3.H2/c1-23(2,3)21-13-15-12-18(6-7-19(15)26-21)25-22(28)24(9-10-24)17-5-8-20(29-4)16(11-17)14-27;/h5-8,11-13,26-27H,9-10,14H2,1-4H3,(H,25,28);1H. The third kappa shape index (κ3) is 3.51. The minimum absolute atomic E-state index is 0. The Morgan fingerprint density at radius 3 is 2.59 bits per heavy atom. The molecule has 3 N–H and O–H groups in total. The van der Waals surface area contributed by atoms with E-state index >= 15 is 0 Å². The summed E-state index contributed by atoms with van der Waals surface area (Å²) in [6.45, 7) is 6.40. The van der Waals surface area contributed by atoms with Gasteiger partial charge in [0, 0.05) is 34.7 Å².